The molecule has 2 aromatic carbocycles. The Morgan fingerprint density at radius 1 is 1.21 bits per heavy atom. The van der Waals surface area contributed by atoms with E-state index in [1.54, 1.807) is 18.2 Å². The first-order chi connectivity index (χ1) is 11.4. The summed E-state index contributed by atoms with van der Waals surface area (Å²) in [6.45, 7) is 1.95. The minimum Gasteiger partial charge on any atom is -0.479 e. The summed E-state index contributed by atoms with van der Waals surface area (Å²) < 4.78 is 6.09. The Morgan fingerprint density at radius 3 is 2.46 bits per heavy atom. The number of rotatable bonds is 5. The summed E-state index contributed by atoms with van der Waals surface area (Å²) in [4.78, 5) is 25.0. The van der Waals surface area contributed by atoms with Gasteiger partial charge >= 0.3 is 12.1 Å². The number of aryl methyl sites for hydroxylation is 1. The van der Waals surface area contributed by atoms with Crippen molar-refractivity contribution in [3.63, 3.8) is 0 Å². The minimum atomic E-state index is -1.11. The van der Waals surface area contributed by atoms with Gasteiger partial charge in [0.1, 0.15) is 6.61 Å². The molecule has 0 radical (unpaired) electrons. The van der Waals surface area contributed by atoms with Gasteiger partial charge in [0.15, 0.2) is 6.04 Å². The molecule has 0 bridgehead atoms. The zero-order valence-electron chi connectivity index (χ0n) is 13.4. The normalized spacial score (nSPS) is 11.6. The maximum atomic E-state index is 12.2. The molecular weight excluding hydrogens is 374 g/mol. The Labute approximate surface area is 149 Å². The number of carboxylic acids is 1. The van der Waals surface area contributed by atoms with Crippen LogP contribution in [0.3, 0.4) is 0 Å². The lowest BCUT2D eigenvalue weighted by Gasteiger charge is -2.25. The number of halogens is 1. The third kappa shape index (κ3) is 4.35. The molecule has 126 valence electrons. The highest BCUT2D eigenvalue weighted by Crippen LogP contribution is 2.25. The van der Waals surface area contributed by atoms with E-state index in [-0.39, 0.29) is 6.61 Å². The quantitative estimate of drug-likeness (QED) is 0.830. The molecule has 5 nitrogen and oxygen atoms in total. The maximum absolute atomic E-state index is 12.2. The summed E-state index contributed by atoms with van der Waals surface area (Å²) in [6.07, 6.45) is -0.688. The minimum absolute atomic E-state index is 0.0930. The predicted octanol–water partition coefficient (Wildman–Crippen LogP) is 4.15. The monoisotopic (exact) mass is 391 g/mol. The summed E-state index contributed by atoms with van der Waals surface area (Å²) in [5.74, 6) is -1.11. The number of benzene rings is 2. The van der Waals surface area contributed by atoms with Crippen molar-refractivity contribution in [3.05, 3.63) is 69.7 Å². The van der Waals surface area contributed by atoms with E-state index < -0.39 is 18.1 Å². The standard InChI is InChI=1S/C18H18BrNO4/c1-12-10-14(8-9-15(12)19)16(17(21)22)20(2)18(23)24-11-13-6-4-3-5-7-13/h3-10,16H,11H2,1-2H3,(H,21,22). The van der Waals surface area contributed by atoms with E-state index in [0.29, 0.717) is 5.56 Å². The third-order valence-electron chi connectivity index (χ3n) is 3.61. The van der Waals surface area contributed by atoms with Crippen molar-refractivity contribution in [2.45, 2.75) is 19.6 Å². The second-order valence-corrected chi connectivity index (χ2v) is 6.25. The zero-order chi connectivity index (χ0) is 17.7. The molecule has 0 heterocycles. The Hall–Kier alpha value is -2.34. The topological polar surface area (TPSA) is 66.8 Å². The van der Waals surface area contributed by atoms with Crippen LogP contribution in [0.4, 0.5) is 4.79 Å². The Balaban J connectivity index is 2.13. The average molecular weight is 392 g/mol. The molecule has 0 saturated carbocycles. The van der Waals surface area contributed by atoms with Crippen molar-refractivity contribution in [3.8, 4) is 0 Å². The summed E-state index contributed by atoms with van der Waals surface area (Å²) in [5, 5.41) is 9.53. The van der Waals surface area contributed by atoms with Crippen LogP contribution in [0.2, 0.25) is 0 Å². The Kier molecular flexibility index (Phi) is 5.98. The van der Waals surface area contributed by atoms with Gasteiger partial charge in [-0.2, -0.15) is 0 Å². The van der Waals surface area contributed by atoms with Crippen LogP contribution in [0.25, 0.3) is 0 Å². The van der Waals surface area contributed by atoms with Gasteiger partial charge in [0.25, 0.3) is 0 Å². The molecular formula is C18H18BrNO4. The van der Waals surface area contributed by atoms with Crippen LogP contribution in [0.5, 0.6) is 0 Å². The zero-order valence-corrected chi connectivity index (χ0v) is 15.0. The smallest absolute Gasteiger partial charge is 0.410 e. The van der Waals surface area contributed by atoms with Crippen molar-refractivity contribution in [1.29, 1.82) is 0 Å². The lowest BCUT2D eigenvalue weighted by Crippen LogP contribution is -2.36. The van der Waals surface area contributed by atoms with Gasteiger partial charge < -0.3 is 9.84 Å². The SMILES string of the molecule is Cc1cc(C(C(=O)O)N(C)C(=O)OCc2ccccc2)ccc1Br. The summed E-state index contributed by atoms with van der Waals surface area (Å²) in [6, 6.07) is 13.3. The van der Waals surface area contributed by atoms with Gasteiger partial charge in [-0.25, -0.2) is 9.59 Å². The van der Waals surface area contributed by atoms with E-state index in [1.807, 2.05) is 37.3 Å². The Morgan fingerprint density at radius 2 is 1.88 bits per heavy atom. The molecule has 24 heavy (non-hydrogen) atoms. The molecule has 2 rings (SSSR count). The molecule has 1 amide bonds. The molecule has 0 aliphatic carbocycles. The molecule has 0 saturated heterocycles. The van der Waals surface area contributed by atoms with Crippen molar-refractivity contribution in [2.24, 2.45) is 0 Å². The van der Waals surface area contributed by atoms with Gasteiger partial charge in [-0.3, -0.25) is 4.90 Å². The number of amides is 1. The van der Waals surface area contributed by atoms with Crippen molar-refractivity contribution >= 4 is 28.0 Å². The van der Waals surface area contributed by atoms with E-state index >= 15 is 0 Å². The van der Waals surface area contributed by atoms with E-state index in [2.05, 4.69) is 15.9 Å². The van der Waals surface area contributed by atoms with Crippen molar-refractivity contribution in [1.82, 2.24) is 4.90 Å². The highest BCUT2D eigenvalue weighted by atomic mass is 79.9. The fourth-order valence-corrected chi connectivity index (χ4v) is 2.54. The number of carbonyl (C=O) groups is 2. The molecule has 1 unspecified atom stereocenters. The highest BCUT2D eigenvalue weighted by Gasteiger charge is 2.29. The molecule has 0 fully saturated rings. The molecule has 2 aromatic rings. The van der Waals surface area contributed by atoms with Gasteiger partial charge in [0, 0.05) is 11.5 Å². The molecule has 1 N–H and O–H groups in total. The lowest BCUT2D eigenvalue weighted by molar-refractivity contribution is -0.142. The molecule has 6 heteroatoms. The van der Waals surface area contributed by atoms with Crippen molar-refractivity contribution < 1.29 is 19.4 Å². The number of likely N-dealkylation sites (N-methyl/N-ethyl adjacent to an activating group) is 1. The molecule has 0 aromatic heterocycles. The van der Waals surface area contributed by atoms with Crippen LogP contribution in [0, 0.1) is 6.92 Å². The number of aliphatic carboxylic acids is 1. The fourth-order valence-electron chi connectivity index (χ4n) is 2.30. The largest absolute Gasteiger partial charge is 0.479 e. The number of nitrogens with zero attached hydrogens (tertiary/aromatic N) is 1. The van der Waals surface area contributed by atoms with Gasteiger partial charge in [0.05, 0.1) is 0 Å². The fraction of sp³-hybridized carbons (Fsp3) is 0.222. The summed E-state index contributed by atoms with van der Waals surface area (Å²) in [5.41, 5.74) is 2.25. The second-order valence-electron chi connectivity index (χ2n) is 5.40. The van der Waals surface area contributed by atoms with E-state index in [1.165, 1.54) is 7.05 Å². The molecule has 1 atom stereocenters. The first kappa shape index (κ1) is 18.0. The van der Waals surface area contributed by atoms with Crippen LogP contribution >= 0.6 is 15.9 Å². The van der Waals surface area contributed by atoms with Crippen LogP contribution < -0.4 is 0 Å². The third-order valence-corrected chi connectivity index (χ3v) is 4.50. The summed E-state index contributed by atoms with van der Waals surface area (Å²) >= 11 is 3.38. The number of hydrogen-bond acceptors (Lipinski definition) is 3. The van der Waals surface area contributed by atoms with E-state index in [9.17, 15) is 14.7 Å². The number of hydrogen-bond donors (Lipinski definition) is 1. The number of carbonyl (C=O) groups excluding carboxylic acids is 1. The van der Waals surface area contributed by atoms with E-state index in [4.69, 9.17) is 4.74 Å². The first-order valence-corrected chi connectivity index (χ1v) is 8.12. The average Bonchev–Trinajstić information content (AvgIpc) is 2.56. The van der Waals surface area contributed by atoms with Gasteiger partial charge in [-0.1, -0.05) is 58.4 Å². The first-order valence-electron chi connectivity index (χ1n) is 7.32. The summed E-state index contributed by atoms with van der Waals surface area (Å²) in [7, 11) is 1.42. The van der Waals surface area contributed by atoms with Crippen LogP contribution in [0.1, 0.15) is 22.7 Å². The van der Waals surface area contributed by atoms with Gasteiger partial charge in [0.2, 0.25) is 0 Å². The van der Waals surface area contributed by atoms with Gasteiger partial charge in [-0.05, 0) is 29.7 Å². The van der Waals surface area contributed by atoms with Crippen LogP contribution in [-0.2, 0) is 16.1 Å². The molecule has 0 spiro atoms. The predicted molar refractivity (Wildman–Crippen MR) is 93.6 cm³/mol. The molecule has 0 aliphatic heterocycles. The maximum Gasteiger partial charge on any atom is 0.410 e. The number of carboxylic acid groups (broad SMARTS) is 1. The molecule has 0 aliphatic rings. The van der Waals surface area contributed by atoms with Crippen LogP contribution in [-0.4, -0.2) is 29.1 Å². The highest BCUT2D eigenvalue weighted by molar-refractivity contribution is 9.10. The van der Waals surface area contributed by atoms with E-state index in [0.717, 1.165) is 20.5 Å². The van der Waals surface area contributed by atoms with Crippen LogP contribution in [0.15, 0.2) is 53.0 Å². The Bertz CT molecular complexity index is 733. The lowest BCUT2D eigenvalue weighted by atomic mass is 10.0. The number of ether oxygens (including phenoxy) is 1. The second kappa shape index (κ2) is 7.97. The van der Waals surface area contributed by atoms with Crippen molar-refractivity contribution in [2.75, 3.05) is 7.05 Å². The van der Waals surface area contributed by atoms with Gasteiger partial charge in [-0.15, -0.1) is 0 Å².